The standard InChI is InChI=1S/C22H25N7O4/c1-5-33-21-19(23)25-9-15(28-21)12-7-17(32-4)16(31-3)6-11(12)13-8-14-18(20(30)27-13)10(2)26-22(24)29-14/h6-7,9,13H,5,8H2,1-4H3,(H2,23,25)(H,27,30)(H2,24,26,29). The number of carbonyl (C=O) groups excluding carboxylic acids is 1. The summed E-state index contributed by atoms with van der Waals surface area (Å²) in [5, 5.41) is 3.04. The van der Waals surface area contributed by atoms with E-state index in [0.29, 0.717) is 52.7 Å². The molecule has 0 bridgehead atoms. The molecule has 3 aromatic rings. The van der Waals surface area contributed by atoms with Gasteiger partial charge in [-0.3, -0.25) is 4.79 Å². The molecule has 0 fully saturated rings. The van der Waals surface area contributed by atoms with Crippen LogP contribution in [0.5, 0.6) is 17.4 Å². The number of ether oxygens (including phenoxy) is 3. The minimum absolute atomic E-state index is 0.123. The highest BCUT2D eigenvalue weighted by atomic mass is 16.5. The Bertz CT molecular complexity index is 1230. The molecular formula is C22H25N7O4. The van der Waals surface area contributed by atoms with Crippen molar-refractivity contribution in [2.75, 3.05) is 32.3 Å². The van der Waals surface area contributed by atoms with Crippen molar-refractivity contribution in [1.82, 2.24) is 25.3 Å². The lowest BCUT2D eigenvalue weighted by atomic mass is 9.90. The van der Waals surface area contributed by atoms with E-state index in [0.717, 1.165) is 5.56 Å². The number of carbonyl (C=O) groups is 1. The highest BCUT2D eigenvalue weighted by Crippen LogP contribution is 2.40. The highest BCUT2D eigenvalue weighted by molar-refractivity contribution is 5.98. The summed E-state index contributed by atoms with van der Waals surface area (Å²) < 4.78 is 16.5. The number of aryl methyl sites for hydroxylation is 1. The van der Waals surface area contributed by atoms with Gasteiger partial charge < -0.3 is 31.0 Å². The second kappa shape index (κ2) is 8.77. The van der Waals surface area contributed by atoms with Crippen molar-refractivity contribution < 1.29 is 19.0 Å². The number of amides is 1. The van der Waals surface area contributed by atoms with Gasteiger partial charge in [0.25, 0.3) is 11.8 Å². The molecule has 3 heterocycles. The molecule has 0 saturated carbocycles. The van der Waals surface area contributed by atoms with Gasteiger partial charge in [0, 0.05) is 12.0 Å². The highest BCUT2D eigenvalue weighted by Gasteiger charge is 2.31. The number of nitrogens with two attached hydrogens (primary N) is 2. The average molecular weight is 451 g/mol. The minimum Gasteiger partial charge on any atom is -0.493 e. The summed E-state index contributed by atoms with van der Waals surface area (Å²) >= 11 is 0. The first kappa shape index (κ1) is 22.1. The van der Waals surface area contributed by atoms with E-state index in [1.54, 1.807) is 39.5 Å². The van der Waals surface area contributed by atoms with E-state index in [2.05, 4.69) is 25.3 Å². The molecule has 1 aliphatic rings. The Morgan fingerprint density at radius 3 is 2.55 bits per heavy atom. The molecule has 0 saturated heterocycles. The number of anilines is 2. The largest absolute Gasteiger partial charge is 0.493 e. The maximum absolute atomic E-state index is 13.0. The average Bonchev–Trinajstić information content (AvgIpc) is 2.79. The summed E-state index contributed by atoms with van der Waals surface area (Å²) in [7, 11) is 3.09. The van der Waals surface area contributed by atoms with Crippen LogP contribution in [0.1, 0.15) is 40.3 Å². The normalized spacial score (nSPS) is 14.9. The number of hydrogen-bond donors (Lipinski definition) is 3. The lowest BCUT2D eigenvalue weighted by molar-refractivity contribution is 0.0922. The number of hydrogen-bond acceptors (Lipinski definition) is 10. The van der Waals surface area contributed by atoms with Gasteiger partial charge in [0.2, 0.25) is 5.95 Å². The Morgan fingerprint density at radius 1 is 1.12 bits per heavy atom. The lowest BCUT2D eigenvalue weighted by Gasteiger charge is -2.28. The van der Waals surface area contributed by atoms with Crippen molar-refractivity contribution in [3.63, 3.8) is 0 Å². The molecule has 33 heavy (non-hydrogen) atoms. The Morgan fingerprint density at radius 2 is 1.85 bits per heavy atom. The van der Waals surface area contributed by atoms with E-state index >= 15 is 0 Å². The monoisotopic (exact) mass is 451 g/mol. The molecule has 0 spiro atoms. The number of methoxy groups -OCH3 is 2. The predicted octanol–water partition coefficient (Wildman–Crippen LogP) is 1.85. The molecule has 0 radical (unpaired) electrons. The molecule has 11 heteroatoms. The number of nitrogens with one attached hydrogen (secondary N) is 1. The van der Waals surface area contributed by atoms with Gasteiger partial charge in [-0.15, -0.1) is 0 Å². The first-order chi connectivity index (χ1) is 15.9. The van der Waals surface area contributed by atoms with Gasteiger partial charge in [0.05, 0.1) is 55.7 Å². The minimum atomic E-state index is -0.441. The van der Waals surface area contributed by atoms with Crippen LogP contribution in [0.3, 0.4) is 0 Å². The van der Waals surface area contributed by atoms with Crippen molar-refractivity contribution in [3.8, 4) is 28.6 Å². The molecule has 0 aliphatic carbocycles. The Balaban J connectivity index is 1.88. The van der Waals surface area contributed by atoms with E-state index in [-0.39, 0.29) is 23.6 Å². The Kier molecular flexibility index (Phi) is 5.86. The second-order valence-corrected chi connectivity index (χ2v) is 7.39. The smallest absolute Gasteiger partial charge is 0.257 e. The van der Waals surface area contributed by atoms with Crippen LogP contribution >= 0.6 is 0 Å². The van der Waals surface area contributed by atoms with Crippen LogP contribution in [-0.2, 0) is 6.42 Å². The van der Waals surface area contributed by atoms with E-state index in [1.165, 1.54) is 0 Å². The van der Waals surface area contributed by atoms with Crippen molar-refractivity contribution in [2.24, 2.45) is 0 Å². The second-order valence-electron chi connectivity index (χ2n) is 7.39. The van der Waals surface area contributed by atoms with Crippen LogP contribution < -0.4 is 31.0 Å². The van der Waals surface area contributed by atoms with Gasteiger partial charge in [-0.2, -0.15) is 0 Å². The molecule has 4 rings (SSSR count). The van der Waals surface area contributed by atoms with E-state index < -0.39 is 6.04 Å². The number of aromatic nitrogens is 4. The first-order valence-corrected chi connectivity index (χ1v) is 10.3. The van der Waals surface area contributed by atoms with E-state index in [9.17, 15) is 4.79 Å². The zero-order valence-electron chi connectivity index (χ0n) is 18.8. The first-order valence-electron chi connectivity index (χ1n) is 10.3. The zero-order valence-corrected chi connectivity index (χ0v) is 18.8. The molecule has 1 aromatic carbocycles. The summed E-state index contributed by atoms with van der Waals surface area (Å²) in [5.74, 6) is 1.26. The summed E-state index contributed by atoms with van der Waals surface area (Å²) in [6.45, 7) is 3.95. The number of nitrogen functional groups attached to an aromatic ring is 2. The van der Waals surface area contributed by atoms with Crippen LogP contribution in [-0.4, -0.2) is 46.7 Å². The molecular weight excluding hydrogens is 426 g/mol. The predicted molar refractivity (Wildman–Crippen MR) is 121 cm³/mol. The van der Waals surface area contributed by atoms with Crippen LogP contribution in [0.25, 0.3) is 11.3 Å². The van der Waals surface area contributed by atoms with Crippen molar-refractivity contribution >= 4 is 17.7 Å². The molecule has 1 atom stereocenters. The fraction of sp³-hybridized carbons (Fsp3) is 0.318. The van der Waals surface area contributed by atoms with Crippen molar-refractivity contribution in [3.05, 3.63) is 40.8 Å². The van der Waals surface area contributed by atoms with Gasteiger partial charge in [-0.25, -0.2) is 19.9 Å². The van der Waals surface area contributed by atoms with Crippen molar-refractivity contribution in [2.45, 2.75) is 26.3 Å². The van der Waals surface area contributed by atoms with Crippen LogP contribution in [0.2, 0.25) is 0 Å². The maximum Gasteiger partial charge on any atom is 0.257 e. The molecule has 11 nitrogen and oxygen atoms in total. The number of fused-ring (bicyclic) bond motifs is 1. The summed E-state index contributed by atoms with van der Waals surface area (Å²) in [5.41, 5.74) is 15.2. The quantitative estimate of drug-likeness (QED) is 0.504. The van der Waals surface area contributed by atoms with Gasteiger partial charge >= 0.3 is 0 Å². The third-order valence-corrected chi connectivity index (χ3v) is 5.37. The third kappa shape index (κ3) is 4.04. The number of benzene rings is 1. The molecule has 1 amide bonds. The van der Waals surface area contributed by atoms with Gasteiger partial charge in [-0.1, -0.05) is 0 Å². The van der Waals surface area contributed by atoms with Gasteiger partial charge in [-0.05, 0) is 31.5 Å². The van der Waals surface area contributed by atoms with Gasteiger partial charge in [0.15, 0.2) is 17.3 Å². The van der Waals surface area contributed by atoms with Crippen LogP contribution in [0.4, 0.5) is 11.8 Å². The number of rotatable bonds is 6. The number of nitrogens with zero attached hydrogens (tertiary/aromatic N) is 4. The molecule has 172 valence electrons. The summed E-state index contributed by atoms with van der Waals surface area (Å²) in [6.07, 6.45) is 1.95. The fourth-order valence-corrected chi connectivity index (χ4v) is 3.92. The third-order valence-electron chi connectivity index (χ3n) is 5.37. The summed E-state index contributed by atoms with van der Waals surface area (Å²) in [4.78, 5) is 30.2. The van der Waals surface area contributed by atoms with Crippen molar-refractivity contribution in [1.29, 1.82) is 0 Å². The molecule has 1 aliphatic heterocycles. The van der Waals surface area contributed by atoms with Crippen LogP contribution in [0.15, 0.2) is 18.3 Å². The SMILES string of the molecule is CCOc1nc(-c2cc(OC)c(OC)cc2C2Cc3nc(N)nc(C)c3C(=O)N2)cnc1N. The molecule has 5 N–H and O–H groups in total. The Hall–Kier alpha value is -4.15. The molecule has 2 aromatic heterocycles. The summed E-state index contributed by atoms with van der Waals surface area (Å²) in [6, 6.07) is 3.15. The maximum atomic E-state index is 13.0. The van der Waals surface area contributed by atoms with Gasteiger partial charge in [0.1, 0.15) is 0 Å². The topological polar surface area (TPSA) is 160 Å². The van der Waals surface area contributed by atoms with E-state index in [1.807, 2.05) is 6.92 Å². The Labute approximate surface area is 190 Å². The zero-order chi connectivity index (χ0) is 23.7. The lowest BCUT2D eigenvalue weighted by Crippen LogP contribution is -2.37. The fourth-order valence-electron chi connectivity index (χ4n) is 3.92. The van der Waals surface area contributed by atoms with Crippen LogP contribution in [0, 0.1) is 6.92 Å². The van der Waals surface area contributed by atoms with E-state index in [4.69, 9.17) is 25.7 Å². The molecule has 1 unspecified atom stereocenters.